The second kappa shape index (κ2) is 9.10. The van der Waals surface area contributed by atoms with Gasteiger partial charge in [0.1, 0.15) is 5.82 Å². The average molecular weight is 492 g/mol. The van der Waals surface area contributed by atoms with Crippen LogP contribution in [0.2, 0.25) is 0 Å². The Morgan fingerprint density at radius 2 is 1.97 bits per heavy atom. The van der Waals surface area contributed by atoms with Crippen LogP contribution in [0.1, 0.15) is 56.5 Å². The Kier molecular flexibility index (Phi) is 6.52. The van der Waals surface area contributed by atoms with Crippen LogP contribution < -0.4 is 10.6 Å². The molecule has 2 aliphatic heterocycles. The number of nitrogens with zero attached hydrogens (tertiary/aromatic N) is 3. The molecule has 0 spiro atoms. The third-order valence-corrected chi connectivity index (χ3v) is 7.56. The Balaban J connectivity index is 1.49. The lowest BCUT2D eigenvalue weighted by Gasteiger charge is -2.33. The molecule has 34 heavy (non-hydrogen) atoms. The van der Waals surface area contributed by atoms with Crippen molar-refractivity contribution in [3.8, 4) is 0 Å². The number of urea groups is 1. The van der Waals surface area contributed by atoms with Gasteiger partial charge in [-0.05, 0) is 57.4 Å². The molecule has 0 bridgehead atoms. The highest BCUT2D eigenvalue weighted by Gasteiger charge is 2.42. The third kappa shape index (κ3) is 5.00. The molecule has 0 saturated carbocycles. The van der Waals surface area contributed by atoms with Crippen LogP contribution in [0.15, 0.2) is 29.3 Å². The van der Waals surface area contributed by atoms with Gasteiger partial charge < -0.3 is 20.3 Å². The van der Waals surface area contributed by atoms with Crippen molar-refractivity contribution in [1.29, 1.82) is 0 Å². The Morgan fingerprint density at radius 1 is 1.26 bits per heavy atom. The number of nitrogens with one attached hydrogen (secondary N) is 2. The first-order valence-corrected chi connectivity index (χ1v) is 13.1. The first kappa shape index (κ1) is 24.3. The van der Waals surface area contributed by atoms with Crippen LogP contribution in [-0.2, 0) is 26.7 Å². The summed E-state index contributed by atoms with van der Waals surface area (Å²) in [4.78, 5) is 23.9. The fourth-order valence-corrected chi connectivity index (χ4v) is 5.03. The molecule has 9 nitrogen and oxygen atoms in total. The normalized spacial score (nSPS) is 18.9. The quantitative estimate of drug-likeness (QED) is 0.661. The number of benzene rings is 1. The molecule has 2 aliphatic rings. The zero-order valence-corrected chi connectivity index (χ0v) is 20.6. The maximum absolute atomic E-state index is 14.0. The molecule has 1 aromatic carbocycles. The molecule has 11 heteroatoms. The summed E-state index contributed by atoms with van der Waals surface area (Å²) in [6, 6.07) is 2.86. The molecule has 1 atom stereocenters. The molecule has 3 heterocycles. The van der Waals surface area contributed by atoms with E-state index in [9.17, 15) is 17.6 Å². The first-order valence-electron chi connectivity index (χ1n) is 11.2. The number of hydrogen-bond donors (Lipinski definition) is 2. The van der Waals surface area contributed by atoms with Gasteiger partial charge in [-0.3, -0.25) is 0 Å². The number of amides is 2. The van der Waals surface area contributed by atoms with Crippen molar-refractivity contribution in [3.63, 3.8) is 0 Å². The van der Waals surface area contributed by atoms with E-state index in [2.05, 4.69) is 20.6 Å². The minimum absolute atomic E-state index is 0.127. The smallest absolute Gasteiger partial charge is 0.318 e. The molecule has 2 amide bonds. The van der Waals surface area contributed by atoms with Crippen LogP contribution in [-0.4, -0.2) is 54.8 Å². The number of halogens is 1. The van der Waals surface area contributed by atoms with E-state index in [0.29, 0.717) is 31.3 Å². The van der Waals surface area contributed by atoms with Crippen LogP contribution >= 0.6 is 0 Å². The van der Waals surface area contributed by atoms with Gasteiger partial charge in [0.2, 0.25) is 5.95 Å². The number of sulfone groups is 1. The number of rotatable bonds is 5. The van der Waals surface area contributed by atoms with Crippen molar-refractivity contribution >= 4 is 21.8 Å². The Labute approximate surface area is 199 Å². The van der Waals surface area contributed by atoms with Crippen LogP contribution in [0.25, 0.3) is 0 Å². The van der Waals surface area contributed by atoms with Crippen LogP contribution in [0.4, 0.5) is 15.1 Å². The van der Waals surface area contributed by atoms with Crippen molar-refractivity contribution in [3.05, 3.63) is 47.0 Å². The van der Waals surface area contributed by atoms with Gasteiger partial charge in [0.05, 0.1) is 28.7 Å². The molecule has 1 unspecified atom stereocenters. The summed E-state index contributed by atoms with van der Waals surface area (Å²) in [5, 5.41) is 6.22. The van der Waals surface area contributed by atoms with Crippen LogP contribution in [0, 0.1) is 5.82 Å². The molecule has 2 aromatic rings. The molecule has 2 N–H and O–H groups in total. The van der Waals surface area contributed by atoms with Crippen molar-refractivity contribution in [2.24, 2.45) is 0 Å². The lowest BCUT2D eigenvalue weighted by Crippen LogP contribution is -2.46. The van der Waals surface area contributed by atoms with Crippen molar-refractivity contribution in [2.45, 2.75) is 62.7 Å². The number of fused-ring (bicyclic) bond motifs is 1. The average Bonchev–Trinajstić information content (AvgIpc) is 3.03. The molecule has 4 rings (SSSR count). The minimum atomic E-state index is -3.59. The van der Waals surface area contributed by atoms with Crippen molar-refractivity contribution < 1.29 is 22.3 Å². The second-order valence-corrected chi connectivity index (χ2v) is 11.4. The SMILES string of the molecule is CC(NC(=O)N1Cc2nc(NC3CCOCC3)ncc2C1(C)C)c1cc(F)cc(S(C)(=O)=O)c1. The fraction of sp³-hybridized carbons (Fsp3) is 0.522. The molecule has 1 saturated heterocycles. The number of carbonyl (C=O) groups excluding carboxylic acids is 1. The van der Waals surface area contributed by atoms with Gasteiger partial charge in [0.15, 0.2) is 9.84 Å². The van der Waals surface area contributed by atoms with Gasteiger partial charge in [0, 0.05) is 37.3 Å². The predicted molar refractivity (Wildman–Crippen MR) is 125 cm³/mol. The number of anilines is 1. The molecule has 1 aromatic heterocycles. The van der Waals surface area contributed by atoms with Gasteiger partial charge in [0.25, 0.3) is 0 Å². The van der Waals surface area contributed by atoms with E-state index >= 15 is 0 Å². The van der Waals surface area contributed by atoms with E-state index < -0.39 is 27.2 Å². The van der Waals surface area contributed by atoms with Gasteiger partial charge in [-0.1, -0.05) is 0 Å². The fourth-order valence-electron chi connectivity index (χ4n) is 4.36. The van der Waals surface area contributed by atoms with E-state index in [-0.39, 0.29) is 17.0 Å². The highest BCUT2D eigenvalue weighted by molar-refractivity contribution is 7.90. The van der Waals surface area contributed by atoms with Crippen molar-refractivity contribution in [1.82, 2.24) is 20.2 Å². The highest BCUT2D eigenvalue weighted by Crippen LogP contribution is 2.38. The van der Waals surface area contributed by atoms with E-state index in [1.54, 1.807) is 18.0 Å². The summed E-state index contributed by atoms with van der Waals surface area (Å²) in [7, 11) is -3.59. The van der Waals surface area contributed by atoms with E-state index in [1.165, 1.54) is 12.1 Å². The van der Waals surface area contributed by atoms with Gasteiger partial charge in [-0.15, -0.1) is 0 Å². The Morgan fingerprint density at radius 3 is 2.65 bits per heavy atom. The monoisotopic (exact) mass is 491 g/mol. The number of hydrogen-bond acceptors (Lipinski definition) is 7. The molecule has 0 radical (unpaired) electrons. The summed E-state index contributed by atoms with van der Waals surface area (Å²) in [5.74, 6) is -0.141. The maximum Gasteiger partial charge on any atom is 0.318 e. The molecular weight excluding hydrogens is 461 g/mol. The van der Waals surface area contributed by atoms with E-state index in [0.717, 1.165) is 36.4 Å². The molecular formula is C23H30FN5O4S. The van der Waals surface area contributed by atoms with E-state index in [1.807, 2.05) is 13.8 Å². The standard InChI is InChI=1S/C23H30FN5O4S/c1-14(15-9-16(24)11-18(10-15)34(4,31)32)26-22(30)29-13-20-19(23(29,2)3)12-25-21(28-20)27-17-5-7-33-8-6-17/h9-12,14,17H,5-8,13H2,1-4H3,(H,26,30)(H,25,27,28). The van der Waals surface area contributed by atoms with Gasteiger partial charge in [-0.2, -0.15) is 0 Å². The summed E-state index contributed by atoms with van der Waals surface area (Å²) < 4.78 is 43.2. The van der Waals surface area contributed by atoms with Crippen LogP contribution in [0.5, 0.6) is 0 Å². The number of aromatic nitrogens is 2. The Bertz CT molecular complexity index is 1200. The highest BCUT2D eigenvalue weighted by atomic mass is 32.2. The summed E-state index contributed by atoms with van der Waals surface area (Å²) in [6.45, 7) is 7.23. The largest absolute Gasteiger partial charge is 0.381 e. The molecule has 0 aliphatic carbocycles. The predicted octanol–water partition coefficient (Wildman–Crippen LogP) is 3.13. The molecule has 184 valence electrons. The topological polar surface area (TPSA) is 114 Å². The van der Waals surface area contributed by atoms with E-state index in [4.69, 9.17) is 4.74 Å². The third-order valence-electron chi connectivity index (χ3n) is 6.47. The summed E-state index contributed by atoms with van der Waals surface area (Å²) in [5.41, 5.74) is 1.34. The van der Waals surface area contributed by atoms with Crippen LogP contribution in [0.3, 0.4) is 0 Å². The number of ether oxygens (including phenoxy) is 1. The maximum atomic E-state index is 14.0. The lowest BCUT2D eigenvalue weighted by molar-refractivity contribution is 0.0903. The Hall–Kier alpha value is -2.79. The van der Waals surface area contributed by atoms with Gasteiger partial charge >= 0.3 is 6.03 Å². The van der Waals surface area contributed by atoms with Crippen molar-refractivity contribution in [2.75, 3.05) is 24.8 Å². The van der Waals surface area contributed by atoms with Gasteiger partial charge in [-0.25, -0.2) is 27.6 Å². The number of carbonyl (C=O) groups is 1. The zero-order chi connectivity index (χ0) is 24.7. The molecule has 1 fully saturated rings. The minimum Gasteiger partial charge on any atom is -0.381 e. The zero-order valence-electron chi connectivity index (χ0n) is 19.8. The summed E-state index contributed by atoms with van der Waals surface area (Å²) >= 11 is 0. The second-order valence-electron chi connectivity index (χ2n) is 9.39. The lowest BCUT2D eigenvalue weighted by atomic mass is 9.97. The summed E-state index contributed by atoms with van der Waals surface area (Å²) in [6.07, 6.45) is 4.55. The first-order chi connectivity index (χ1) is 15.9.